The zero-order valence-corrected chi connectivity index (χ0v) is 23.9. The highest BCUT2D eigenvalue weighted by molar-refractivity contribution is 5.75. The summed E-state index contributed by atoms with van der Waals surface area (Å²) in [7, 11) is 1.33. The molecule has 1 unspecified atom stereocenters. The van der Waals surface area contributed by atoms with E-state index >= 15 is 0 Å². The van der Waals surface area contributed by atoms with Crippen LogP contribution in [0.25, 0.3) is 0 Å². The lowest BCUT2D eigenvalue weighted by Gasteiger charge is -2.35. The number of rotatable bonds is 8. The topological polar surface area (TPSA) is 47.1 Å². The Labute approximate surface area is 240 Å². The van der Waals surface area contributed by atoms with Gasteiger partial charge in [-0.05, 0) is 73.8 Å². The number of halogens is 7. The molecule has 2 aromatic rings. The fourth-order valence-electron chi connectivity index (χ4n) is 4.89. The van der Waals surface area contributed by atoms with Gasteiger partial charge in [0.2, 0.25) is 5.91 Å². The number of alkyl halides is 6. The van der Waals surface area contributed by atoms with Gasteiger partial charge in [0.15, 0.2) is 0 Å². The normalized spacial score (nSPS) is 15.5. The summed E-state index contributed by atoms with van der Waals surface area (Å²) in [5, 5.41) is 0. The van der Waals surface area contributed by atoms with E-state index in [0.717, 1.165) is 4.90 Å². The van der Waals surface area contributed by atoms with Crippen molar-refractivity contribution in [3.63, 3.8) is 0 Å². The largest absolute Gasteiger partial charge is 0.416 e. The number of benzene rings is 2. The molecule has 232 valence electrons. The highest BCUT2D eigenvalue weighted by Gasteiger charge is 2.38. The fraction of sp³-hybridized carbons (Fsp3) is 0.517. The van der Waals surface area contributed by atoms with Crippen LogP contribution < -0.4 is 0 Å². The third-order valence-corrected chi connectivity index (χ3v) is 7.63. The van der Waals surface area contributed by atoms with Gasteiger partial charge in [0.1, 0.15) is 5.82 Å². The Kier molecular flexibility index (Phi) is 10.5. The number of carbonyl (C=O) groups is 2. The molecule has 13 heteroatoms. The number of aryl methyl sites for hydroxylation is 1. The lowest BCUT2D eigenvalue weighted by atomic mass is 9.99. The molecule has 1 aliphatic heterocycles. The molecule has 0 aromatic heterocycles. The van der Waals surface area contributed by atoms with E-state index in [2.05, 4.69) is 4.90 Å². The van der Waals surface area contributed by atoms with Gasteiger partial charge in [0, 0.05) is 53.2 Å². The second kappa shape index (κ2) is 13.3. The predicted octanol–water partition coefficient (Wildman–Crippen LogP) is 6.34. The van der Waals surface area contributed by atoms with Crippen molar-refractivity contribution in [2.75, 3.05) is 46.3 Å². The molecular formula is C29H35F7N4O2. The maximum absolute atomic E-state index is 13.7. The molecule has 1 saturated heterocycles. The van der Waals surface area contributed by atoms with Crippen LogP contribution >= 0.6 is 0 Å². The molecular weight excluding hydrogens is 569 g/mol. The summed E-state index contributed by atoms with van der Waals surface area (Å²) < 4.78 is 94.4. The summed E-state index contributed by atoms with van der Waals surface area (Å²) in [5.74, 6) is -0.448. The van der Waals surface area contributed by atoms with Crippen molar-refractivity contribution in [1.82, 2.24) is 19.6 Å². The summed E-state index contributed by atoms with van der Waals surface area (Å²) in [6.45, 7) is 7.97. The smallest absolute Gasteiger partial charge is 0.340 e. The lowest BCUT2D eigenvalue weighted by Crippen LogP contribution is -2.48. The first-order chi connectivity index (χ1) is 19.5. The third-order valence-electron chi connectivity index (χ3n) is 7.63. The van der Waals surface area contributed by atoms with E-state index in [1.54, 1.807) is 11.8 Å². The van der Waals surface area contributed by atoms with Crippen molar-refractivity contribution >= 4 is 11.9 Å². The Morgan fingerprint density at radius 2 is 1.50 bits per heavy atom. The van der Waals surface area contributed by atoms with Crippen LogP contribution in [0.4, 0.5) is 35.5 Å². The lowest BCUT2D eigenvalue weighted by molar-refractivity contribution is -0.143. The average Bonchev–Trinajstić information content (AvgIpc) is 2.91. The molecule has 0 radical (unpaired) electrons. The van der Waals surface area contributed by atoms with Gasteiger partial charge in [-0.15, -0.1) is 0 Å². The predicted molar refractivity (Wildman–Crippen MR) is 143 cm³/mol. The molecule has 0 saturated carbocycles. The number of hydrogen-bond donors (Lipinski definition) is 0. The molecule has 0 N–H and O–H groups in total. The molecule has 1 fully saturated rings. The van der Waals surface area contributed by atoms with Crippen molar-refractivity contribution in [2.24, 2.45) is 0 Å². The van der Waals surface area contributed by atoms with E-state index in [0.29, 0.717) is 62.4 Å². The molecule has 6 nitrogen and oxygen atoms in total. The van der Waals surface area contributed by atoms with E-state index in [-0.39, 0.29) is 30.6 Å². The number of amides is 3. The molecule has 3 amide bonds. The van der Waals surface area contributed by atoms with Gasteiger partial charge in [-0.2, -0.15) is 26.3 Å². The minimum atomic E-state index is -5.01. The zero-order chi connectivity index (χ0) is 31.4. The van der Waals surface area contributed by atoms with Crippen molar-refractivity contribution < 1.29 is 40.3 Å². The summed E-state index contributed by atoms with van der Waals surface area (Å²) in [4.78, 5) is 31.7. The maximum Gasteiger partial charge on any atom is 0.416 e. The van der Waals surface area contributed by atoms with Gasteiger partial charge in [-0.1, -0.05) is 6.07 Å². The van der Waals surface area contributed by atoms with Gasteiger partial charge in [-0.25, -0.2) is 9.18 Å². The number of carbonyl (C=O) groups excluding carboxylic acids is 2. The molecule has 1 aliphatic rings. The van der Waals surface area contributed by atoms with Crippen LogP contribution in [-0.2, 0) is 23.7 Å². The van der Waals surface area contributed by atoms with Crippen molar-refractivity contribution in [3.8, 4) is 0 Å². The van der Waals surface area contributed by atoms with E-state index in [1.165, 1.54) is 44.0 Å². The van der Waals surface area contributed by atoms with Crippen molar-refractivity contribution in [3.05, 3.63) is 70.0 Å². The van der Waals surface area contributed by atoms with Gasteiger partial charge >= 0.3 is 18.4 Å². The number of piperazine rings is 1. The molecule has 0 spiro atoms. The highest BCUT2D eigenvalue weighted by Crippen LogP contribution is 2.38. The highest BCUT2D eigenvalue weighted by atomic mass is 19.4. The van der Waals surface area contributed by atoms with Gasteiger partial charge in [0.05, 0.1) is 17.2 Å². The minimum absolute atomic E-state index is 0.00127. The van der Waals surface area contributed by atoms with Gasteiger partial charge in [-0.3, -0.25) is 9.69 Å². The van der Waals surface area contributed by atoms with Gasteiger partial charge in [0.25, 0.3) is 0 Å². The summed E-state index contributed by atoms with van der Waals surface area (Å²) in [6.07, 6.45) is -9.50. The fourth-order valence-corrected chi connectivity index (χ4v) is 4.89. The second-order valence-electron chi connectivity index (χ2n) is 10.6. The number of hydrogen-bond acceptors (Lipinski definition) is 3. The van der Waals surface area contributed by atoms with Crippen LogP contribution in [0.5, 0.6) is 0 Å². The van der Waals surface area contributed by atoms with Crippen LogP contribution in [0, 0.1) is 12.7 Å². The van der Waals surface area contributed by atoms with Crippen LogP contribution in [0.15, 0.2) is 36.4 Å². The summed E-state index contributed by atoms with van der Waals surface area (Å²) in [5.41, 5.74) is -1.97. The van der Waals surface area contributed by atoms with E-state index in [4.69, 9.17) is 0 Å². The standard InChI is InChI=1S/C29H35F7N4O2/c1-19-14-26(30)7-6-22(19)18-40(9-5-8-38-10-12-39(13-11-38)21(3)41)27(42)37(4)20(2)23-15-24(28(31,32)33)17-25(16-23)29(34,35)36/h6-7,14-17,20H,5,8-13,18H2,1-4H3. The number of nitrogens with zero attached hydrogens (tertiary/aromatic N) is 4. The Morgan fingerprint density at radius 3 is 2.00 bits per heavy atom. The molecule has 3 rings (SSSR count). The van der Waals surface area contributed by atoms with Crippen LogP contribution in [-0.4, -0.2) is 77.9 Å². The first kappa shape index (κ1) is 33.2. The molecule has 1 heterocycles. The summed E-state index contributed by atoms with van der Waals surface area (Å²) >= 11 is 0. The van der Waals surface area contributed by atoms with Crippen LogP contribution in [0.3, 0.4) is 0 Å². The first-order valence-corrected chi connectivity index (χ1v) is 13.5. The van der Waals surface area contributed by atoms with Crippen molar-refractivity contribution in [1.29, 1.82) is 0 Å². The molecule has 2 aromatic carbocycles. The van der Waals surface area contributed by atoms with Crippen LogP contribution in [0.1, 0.15) is 54.1 Å². The molecule has 42 heavy (non-hydrogen) atoms. The quantitative estimate of drug-likeness (QED) is 0.331. The van der Waals surface area contributed by atoms with E-state index < -0.39 is 41.4 Å². The van der Waals surface area contributed by atoms with E-state index in [1.807, 2.05) is 0 Å². The Balaban J connectivity index is 1.82. The van der Waals surface area contributed by atoms with Crippen molar-refractivity contribution in [2.45, 2.75) is 52.1 Å². The van der Waals surface area contributed by atoms with E-state index in [9.17, 15) is 40.3 Å². The second-order valence-corrected chi connectivity index (χ2v) is 10.6. The Morgan fingerprint density at radius 1 is 0.929 bits per heavy atom. The average molecular weight is 605 g/mol. The van der Waals surface area contributed by atoms with Crippen LogP contribution in [0.2, 0.25) is 0 Å². The Bertz CT molecular complexity index is 1230. The minimum Gasteiger partial charge on any atom is -0.340 e. The first-order valence-electron chi connectivity index (χ1n) is 13.5. The zero-order valence-electron chi connectivity index (χ0n) is 23.9. The Hall–Kier alpha value is -3.35. The maximum atomic E-state index is 13.7. The molecule has 0 bridgehead atoms. The monoisotopic (exact) mass is 604 g/mol. The third kappa shape index (κ3) is 8.59. The SMILES string of the molecule is CC(=O)N1CCN(CCCN(Cc2ccc(F)cc2C)C(=O)N(C)C(C)c2cc(C(F)(F)F)cc(C(F)(F)F)c2)CC1. The number of urea groups is 1. The van der Waals surface area contributed by atoms with Gasteiger partial charge < -0.3 is 14.7 Å². The molecule has 0 aliphatic carbocycles. The molecule has 1 atom stereocenters. The summed E-state index contributed by atoms with van der Waals surface area (Å²) in [6, 6.07) is 3.69.